The third-order valence-corrected chi connectivity index (χ3v) is 4.52. The Morgan fingerprint density at radius 1 is 1.23 bits per heavy atom. The zero-order chi connectivity index (χ0) is 18.5. The lowest BCUT2D eigenvalue weighted by Crippen LogP contribution is -2.07. The van der Waals surface area contributed by atoms with E-state index >= 15 is 0 Å². The summed E-state index contributed by atoms with van der Waals surface area (Å²) in [5, 5.41) is 8.97. The molecule has 0 aliphatic carbocycles. The van der Waals surface area contributed by atoms with Crippen molar-refractivity contribution < 1.29 is 14.0 Å². The third-order valence-electron chi connectivity index (χ3n) is 3.16. The molecule has 0 spiro atoms. The molecule has 0 aliphatic heterocycles. The molecular formula is C17H13FN4O2S2. The summed E-state index contributed by atoms with van der Waals surface area (Å²) in [4.78, 5) is 31.2. The van der Waals surface area contributed by atoms with Gasteiger partial charge in [0.05, 0.1) is 16.9 Å². The Kier molecular flexibility index (Phi) is 5.49. The van der Waals surface area contributed by atoms with Gasteiger partial charge >= 0.3 is 0 Å². The number of carbonyl (C=O) groups excluding carboxylic acids is 2. The van der Waals surface area contributed by atoms with Gasteiger partial charge in [-0.25, -0.2) is 14.4 Å². The summed E-state index contributed by atoms with van der Waals surface area (Å²) < 4.78 is 14.2. The first-order valence-corrected chi connectivity index (χ1v) is 9.24. The molecule has 1 aromatic carbocycles. The fourth-order valence-corrected chi connectivity index (χ4v) is 3.31. The number of amides is 2. The summed E-state index contributed by atoms with van der Waals surface area (Å²) in [6, 6.07) is 4.35. The summed E-state index contributed by atoms with van der Waals surface area (Å²) >= 11 is 2.63. The Bertz CT molecular complexity index is 967. The van der Waals surface area contributed by atoms with Crippen LogP contribution in [0.1, 0.15) is 12.6 Å². The van der Waals surface area contributed by atoms with E-state index in [4.69, 9.17) is 0 Å². The monoisotopic (exact) mass is 388 g/mol. The van der Waals surface area contributed by atoms with Crippen LogP contribution in [0.5, 0.6) is 0 Å². The van der Waals surface area contributed by atoms with Gasteiger partial charge in [-0.1, -0.05) is 0 Å². The Labute approximate surface area is 156 Å². The van der Waals surface area contributed by atoms with Gasteiger partial charge < -0.3 is 5.32 Å². The number of halogens is 1. The zero-order valence-electron chi connectivity index (χ0n) is 13.5. The predicted octanol–water partition coefficient (Wildman–Crippen LogP) is 4.02. The van der Waals surface area contributed by atoms with Gasteiger partial charge in [0.25, 0.3) is 0 Å². The number of hydrogen-bond donors (Lipinski definition) is 2. The minimum atomic E-state index is -0.511. The van der Waals surface area contributed by atoms with Crippen molar-refractivity contribution in [1.29, 1.82) is 0 Å². The molecule has 2 amide bonds. The van der Waals surface area contributed by atoms with Gasteiger partial charge in [-0.05, 0) is 24.3 Å². The van der Waals surface area contributed by atoms with Crippen molar-refractivity contribution in [3.05, 3.63) is 52.1 Å². The third kappa shape index (κ3) is 4.58. The summed E-state index contributed by atoms with van der Waals surface area (Å²) in [7, 11) is 0. The van der Waals surface area contributed by atoms with Crippen molar-refractivity contribution in [1.82, 2.24) is 9.97 Å². The zero-order valence-corrected chi connectivity index (χ0v) is 15.2. The van der Waals surface area contributed by atoms with Gasteiger partial charge in [0, 0.05) is 35.0 Å². The van der Waals surface area contributed by atoms with Gasteiger partial charge in [0.2, 0.25) is 11.8 Å². The lowest BCUT2D eigenvalue weighted by molar-refractivity contribution is -0.114. The van der Waals surface area contributed by atoms with Crippen molar-refractivity contribution in [3.8, 4) is 11.3 Å². The summed E-state index contributed by atoms with van der Waals surface area (Å²) in [5.74, 6) is -1.13. The van der Waals surface area contributed by atoms with Crippen LogP contribution in [0, 0.1) is 5.82 Å². The maximum atomic E-state index is 14.2. The Morgan fingerprint density at radius 2 is 2.08 bits per heavy atom. The normalized spacial score (nSPS) is 10.8. The highest BCUT2D eigenvalue weighted by Crippen LogP contribution is 2.28. The van der Waals surface area contributed by atoms with Gasteiger partial charge in [-0.2, -0.15) is 0 Å². The Morgan fingerprint density at radius 3 is 2.77 bits per heavy atom. The lowest BCUT2D eigenvalue weighted by Gasteiger charge is -2.04. The Hall–Kier alpha value is -2.91. The van der Waals surface area contributed by atoms with E-state index in [1.807, 2.05) is 5.38 Å². The molecule has 0 fully saturated rings. The molecule has 6 nitrogen and oxygen atoms in total. The molecule has 2 aromatic heterocycles. The van der Waals surface area contributed by atoms with Crippen LogP contribution < -0.4 is 10.6 Å². The molecule has 3 aromatic rings. The van der Waals surface area contributed by atoms with Crippen LogP contribution in [0.15, 0.2) is 40.5 Å². The number of benzene rings is 1. The first kappa shape index (κ1) is 17.9. The number of thiazole rings is 2. The molecule has 0 saturated carbocycles. The van der Waals surface area contributed by atoms with E-state index in [0.29, 0.717) is 22.2 Å². The first-order valence-electron chi connectivity index (χ1n) is 7.41. The second-order valence-electron chi connectivity index (χ2n) is 5.15. The Balaban J connectivity index is 1.69. The number of nitrogens with zero attached hydrogens (tertiary/aromatic N) is 2. The smallest absolute Gasteiger partial charge is 0.250 e. The number of aromatic nitrogens is 2. The van der Waals surface area contributed by atoms with Crippen molar-refractivity contribution in [2.45, 2.75) is 6.92 Å². The predicted molar refractivity (Wildman–Crippen MR) is 102 cm³/mol. The molecule has 0 radical (unpaired) electrons. The fourth-order valence-electron chi connectivity index (χ4n) is 2.07. The lowest BCUT2D eigenvalue weighted by atomic mass is 10.1. The van der Waals surface area contributed by atoms with Crippen LogP contribution in [0.2, 0.25) is 0 Å². The van der Waals surface area contributed by atoms with Gasteiger partial charge in [0.15, 0.2) is 5.13 Å². The summed E-state index contributed by atoms with van der Waals surface area (Å²) in [5.41, 5.74) is 3.44. The van der Waals surface area contributed by atoms with E-state index in [0.717, 1.165) is 0 Å². The van der Waals surface area contributed by atoms with Gasteiger partial charge in [-0.3, -0.25) is 14.9 Å². The van der Waals surface area contributed by atoms with E-state index < -0.39 is 5.82 Å². The highest BCUT2D eigenvalue weighted by Gasteiger charge is 2.11. The summed E-state index contributed by atoms with van der Waals surface area (Å²) in [6.45, 7) is 1.35. The average Bonchev–Trinajstić information content (AvgIpc) is 3.24. The van der Waals surface area contributed by atoms with Crippen LogP contribution in [-0.2, 0) is 9.59 Å². The van der Waals surface area contributed by atoms with Crippen molar-refractivity contribution in [2.75, 3.05) is 10.6 Å². The number of anilines is 2. The standard InChI is InChI=1S/C17H13FN4O2S2/c1-10(23)20-11-2-4-13(14(18)6-11)15-8-26-17(21-15)22-16(24)5-3-12-7-25-9-19-12/h2-9H,1H3,(H,20,23)(H,21,22,24)/b5-3+. The first-order chi connectivity index (χ1) is 12.5. The average molecular weight is 388 g/mol. The topological polar surface area (TPSA) is 84.0 Å². The van der Waals surface area contributed by atoms with Crippen LogP contribution >= 0.6 is 22.7 Å². The highest BCUT2D eigenvalue weighted by molar-refractivity contribution is 7.14. The van der Waals surface area contributed by atoms with E-state index in [1.165, 1.54) is 47.8 Å². The van der Waals surface area contributed by atoms with E-state index in [9.17, 15) is 14.0 Å². The highest BCUT2D eigenvalue weighted by atomic mass is 32.1. The van der Waals surface area contributed by atoms with E-state index in [2.05, 4.69) is 20.6 Å². The molecule has 3 rings (SSSR count). The number of nitrogens with one attached hydrogen (secondary N) is 2. The van der Waals surface area contributed by atoms with Crippen molar-refractivity contribution in [3.63, 3.8) is 0 Å². The molecule has 0 saturated heterocycles. The van der Waals surface area contributed by atoms with Crippen LogP contribution in [0.4, 0.5) is 15.2 Å². The molecule has 2 N–H and O–H groups in total. The second-order valence-corrected chi connectivity index (χ2v) is 6.73. The van der Waals surface area contributed by atoms with Crippen LogP contribution in [-0.4, -0.2) is 21.8 Å². The second kappa shape index (κ2) is 7.98. The number of hydrogen-bond acceptors (Lipinski definition) is 6. The quantitative estimate of drug-likeness (QED) is 0.647. The SMILES string of the molecule is CC(=O)Nc1ccc(-c2csc(NC(=O)/C=C/c3cscn3)n2)c(F)c1. The maximum absolute atomic E-state index is 14.2. The van der Waals surface area contributed by atoms with E-state index in [-0.39, 0.29) is 17.4 Å². The van der Waals surface area contributed by atoms with E-state index in [1.54, 1.807) is 23.0 Å². The molecule has 0 aliphatic rings. The molecule has 26 heavy (non-hydrogen) atoms. The minimum absolute atomic E-state index is 0.276. The van der Waals surface area contributed by atoms with Gasteiger partial charge in [0.1, 0.15) is 5.82 Å². The summed E-state index contributed by atoms with van der Waals surface area (Å²) in [6.07, 6.45) is 2.96. The fraction of sp³-hybridized carbons (Fsp3) is 0.0588. The number of carbonyl (C=O) groups is 2. The molecule has 132 valence electrons. The molecule has 9 heteroatoms. The van der Waals surface area contributed by atoms with Crippen LogP contribution in [0.25, 0.3) is 17.3 Å². The largest absolute Gasteiger partial charge is 0.326 e. The van der Waals surface area contributed by atoms with Gasteiger partial charge in [-0.15, -0.1) is 22.7 Å². The molecular weight excluding hydrogens is 375 g/mol. The molecule has 0 atom stereocenters. The molecule has 2 heterocycles. The maximum Gasteiger partial charge on any atom is 0.250 e. The van der Waals surface area contributed by atoms with Crippen molar-refractivity contribution in [2.24, 2.45) is 0 Å². The minimum Gasteiger partial charge on any atom is -0.326 e. The van der Waals surface area contributed by atoms with Crippen LogP contribution in [0.3, 0.4) is 0 Å². The molecule has 0 bridgehead atoms. The number of rotatable bonds is 5. The van der Waals surface area contributed by atoms with Crippen molar-refractivity contribution >= 4 is 51.4 Å². The molecule has 0 unspecified atom stereocenters.